The number of methoxy groups -OCH3 is 2. The zero-order valence-corrected chi connectivity index (χ0v) is 20.6. The first-order valence-corrected chi connectivity index (χ1v) is 12.1. The number of benzene rings is 2. The molecule has 0 radical (unpaired) electrons. The molecule has 10 nitrogen and oxygen atoms in total. The third-order valence-electron chi connectivity index (χ3n) is 5.08. The first-order chi connectivity index (χ1) is 16.0. The molecule has 1 aromatic heterocycles. The zero-order chi connectivity index (χ0) is 24.9. The fourth-order valence-corrected chi connectivity index (χ4v) is 4.17. The van der Waals surface area contributed by atoms with E-state index < -0.39 is 15.9 Å². The lowest BCUT2D eigenvalue weighted by Crippen LogP contribution is -2.28. The van der Waals surface area contributed by atoms with Gasteiger partial charge in [0.15, 0.2) is 5.82 Å². The van der Waals surface area contributed by atoms with Crippen LogP contribution in [0.1, 0.15) is 32.8 Å². The minimum absolute atomic E-state index is 0.0681. The minimum atomic E-state index is -3.73. The van der Waals surface area contributed by atoms with Crippen LogP contribution >= 0.6 is 0 Å². The molecule has 0 unspecified atom stereocenters. The SMILES string of the molecule is COc1ccc(-c2nc(NC(=O)CCNS(=O)(=O)c3ccc(C(C)(C)C)cc3)n[nH]2)c(OC)c1. The summed E-state index contributed by atoms with van der Waals surface area (Å²) < 4.78 is 38.0. The number of aromatic amines is 1. The Morgan fingerprint density at radius 1 is 1.06 bits per heavy atom. The summed E-state index contributed by atoms with van der Waals surface area (Å²) in [4.78, 5) is 16.7. The van der Waals surface area contributed by atoms with Crippen molar-refractivity contribution in [3.05, 3.63) is 48.0 Å². The topological polar surface area (TPSA) is 135 Å². The van der Waals surface area contributed by atoms with Gasteiger partial charge in [-0.25, -0.2) is 13.1 Å². The number of nitrogens with one attached hydrogen (secondary N) is 3. The van der Waals surface area contributed by atoms with Crippen molar-refractivity contribution in [1.82, 2.24) is 19.9 Å². The highest BCUT2D eigenvalue weighted by atomic mass is 32.2. The molecule has 1 amide bonds. The van der Waals surface area contributed by atoms with Crippen LogP contribution in [0.3, 0.4) is 0 Å². The highest BCUT2D eigenvalue weighted by Crippen LogP contribution is 2.31. The predicted octanol–water partition coefficient (Wildman–Crippen LogP) is 3.09. The first kappa shape index (κ1) is 25.2. The number of amides is 1. The van der Waals surface area contributed by atoms with Crippen LogP contribution in [0.15, 0.2) is 47.4 Å². The van der Waals surface area contributed by atoms with Crippen molar-refractivity contribution in [3.8, 4) is 22.9 Å². The van der Waals surface area contributed by atoms with Crippen molar-refractivity contribution >= 4 is 21.9 Å². The van der Waals surface area contributed by atoms with Crippen molar-refractivity contribution in [1.29, 1.82) is 0 Å². The molecule has 0 bridgehead atoms. The second-order valence-corrected chi connectivity index (χ2v) is 10.3. The molecular formula is C23H29N5O5S. The molecule has 1 heterocycles. The summed E-state index contributed by atoms with van der Waals surface area (Å²) in [5.41, 5.74) is 1.59. The number of anilines is 1. The minimum Gasteiger partial charge on any atom is -0.497 e. The number of sulfonamides is 1. The van der Waals surface area contributed by atoms with Gasteiger partial charge >= 0.3 is 0 Å². The van der Waals surface area contributed by atoms with Gasteiger partial charge in [0, 0.05) is 19.0 Å². The number of aromatic nitrogens is 3. The Hall–Kier alpha value is -3.44. The number of carbonyl (C=O) groups is 1. The molecule has 34 heavy (non-hydrogen) atoms. The average Bonchev–Trinajstić information content (AvgIpc) is 3.26. The molecule has 3 rings (SSSR count). The van der Waals surface area contributed by atoms with Crippen LogP contribution in [-0.4, -0.2) is 50.3 Å². The van der Waals surface area contributed by atoms with Crippen LogP contribution in [0.4, 0.5) is 5.95 Å². The molecular weight excluding hydrogens is 458 g/mol. The largest absolute Gasteiger partial charge is 0.497 e. The molecule has 0 saturated carbocycles. The number of H-pyrrole nitrogens is 1. The van der Waals surface area contributed by atoms with Crippen molar-refractivity contribution in [2.75, 3.05) is 26.1 Å². The van der Waals surface area contributed by atoms with Crippen LogP contribution in [0.2, 0.25) is 0 Å². The maximum atomic E-state index is 12.5. The highest BCUT2D eigenvalue weighted by molar-refractivity contribution is 7.89. The van der Waals surface area contributed by atoms with E-state index in [1.54, 1.807) is 49.6 Å². The smallest absolute Gasteiger partial charge is 0.249 e. The first-order valence-electron chi connectivity index (χ1n) is 10.6. The van der Waals surface area contributed by atoms with E-state index in [9.17, 15) is 13.2 Å². The normalized spacial score (nSPS) is 11.8. The van der Waals surface area contributed by atoms with Crippen LogP contribution in [0.5, 0.6) is 11.5 Å². The molecule has 0 atom stereocenters. The van der Waals surface area contributed by atoms with E-state index in [2.05, 4.69) is 46.0 Å². The Kier molecular flexibility index (Phi) is 7.57. The second kappa shape index (κ2) is 10.2. The molecule has 0 aliphatic rings. The molecule has 0 saturated heterocycles. The summed E-state index contributed by atoms with van der Waals surface area (Å²) >= 11 is 0. The Morgan fingerprint density at radius 3 is 2.38 bits per heavy atom. The fraction of sp³-hybridized carbons (Fsp3) is 0.348. The molecule has 0 spiro atoms. The summed E-state index contributed by atoms with van der Waals surface area (Å²) in [7, 11) is -0.648. The number of rotatable bonds is 9. The summed E-state index contributed by atoms with van der Waals surface area (Å²) in [6.07, 6.45) is -0.0883. The van der Waals surface area contributed by atoms with Crippen LogP contribution in [0.25, 0.3) is 11.4 Å². The third-order valence-corrected chi connectivity index (χ3v) is 6.55. The molecule has 3 N–H and O–H groups in total. The predicted molar refractivity (Wildman–Crippen MR) is 128 cm³/mol. The maximum Gasteiger partial charge on any atom is 0.249 e. The quantitative estimate of drug-likeness (QED) is 0.422. The Bertz CT molecular complexity index is 1250. The molecule has 2 aromatic carbocycles. The van der Waals surface area contributed by atoms with Crippen molar-refractivity contribution in [3.63, 3.8) is 0 Å². The maximum absolute atomic E-state index is 12.5. The lowest BCUT2D eigenvalue weighted by atomic mass is 9.87. The van der Waals surface area contributed by atoms with E-state index in [4.69, 9.17) is 9.47 Å². The van der Waals surface area contributed by atoms with Gasteiger partial charge in [0.25, 0.3) is 0 Å². The second-order valence-electron chi connectivity index (χ2n) is 8.54. The van der Waals surface area contributed by atoms with Crippen LogP contribution < -0.4 is 19.5 Å². The average molecular weight is 488 g/mol. The Labute approximate surface area is 199 Å². The monoisotopic (exact) mass is 487 g/mol. The number of nitrogens with zero attached hydrogens (tertiary/aromatic N) is 2. The summed E-state index contributed by atoms with van der Waals surface area (Å²) in [6.45, 7) is 6.09. The van der Waals surface area contributed by atoms with Crippen molar-refractivity contribution in [2.45, 2.75) is 37.5 Å². The van der Waals surface area contributed by atoms with Gasteiger partial charge < -0.3 is 9.47 Å². The van der Waals surface area contributed by atoms with Crippen LogP contribution in [-0.2, 0) is 20.2 Å². The number of ether oxygens (including phenoxy) is 2. The molecule has 0 aliphatic carbocycles. The fourth-order valence-electron chi connectivity index (χ4n) is 3.14. The van der Waals surface area contributed by atoms with Gasteiger partial charge in [-0.3, -0.25) is 15.2 Å². The number of hydrogen-bond acceptors (Lipinski definition) is 7. The van der Waals surface area contributed by atoms with E-state index in [1.165, 1.54) is 7.11 Å². The zero-order valence-electron chi connectivity index (χ0n) is 19.8. The van der Waals surface area contributed by atoms with Gasteiger partial charge in [0.2, 0.25) is 21.9 Å². The molecule has 182 valence electrons. The van der Waals surface area contributed by atoms with Gasteiger partial charge in [0.05, 0.1) is 24.7 Å². The standard InChI is InChI=1S/C23H29N5O5S/c1-23(2,3)15-6-9-17(10-7-15)34(30,31)24-13-12-20(29)25-22-26-21(27-28-22)18-11-8-16(32-4)14-19(18)33-5/h6-11,14,24H,12-13H2,1-5H3,(H2,25,26,27,28,29). The van der Waals surface area contributed by atoms with Gasteiger partial charge in [-0.05, 0) is 35.2 Å². The van der Waals surface area contributed by atoms with Gasteiger partial charge in [-0.1, -0.05) is 32.9 Å². The Morgan fingerprint density at radius 2 is 1.76 bits per heavy atom. The molecule has 0 fully saturated rings. The van der Waals surface area contributed by atoms with Crippen molar-refractivity contribution in [2.24, 2.45) is 0 Å². The van der Waals surface area contributed by atoms with E-state index in [0.29, 0.717) is 22.9 Å². The Balaban J connectivity index is 1.56. The van der Waals surface area contributed by atoms with Crippen molar-refractivity contribution < 1.29 is 22.7 Å². The highest BCUT2D eigenvalue weighted by Gasteiger charge is 2.18. The van der Waals surface area contributed by atoms with E-state index in [1.807, 2.05) is 0 Å². The van der Waals surface area contributed by atoms with Gasteiger partial charge in [-0.15, -0.1) is 5.10 Å². The molecule has 0 aliphatic heterocycles. The number of hydrogen-bond donors (Lipinski definition) is 3. The van der Waals surface area contributed by atoms with E-state index in [0.717, 1.165) is 5.56 Å². The summed E-state index contributed by atoms with van der Waals surface area (Å²) in [5.74, 6) is 1.19. The number of carbonyl (C=O) groups excluding carboxylic acids is 1. The summed E-state index contributed by atoms with van der Waals surface area (Å²) in [6, 6.07) is 11.9. The van der Waals surface area contributed by atoms with E-state index in [-0.39, 0.29) is 29.2 Å². The third kappa shape index (κ3) is 6.12. The summed E-state index contributed by atoms with van der Waals surface area (Å²) in [5, 5.41) is 9.29. The lowest BCUT2D eigenvalue weighted by Gasteiger charge is -2.19. The molecule has 3 aromatic rings. The van der Waals surface area contributed by atoms with E-state index >= 15 is 0 Å². The van der Waals surface area contributed by atoms with Gasteiger partial charge in [0.1, 0.15) is 11.5 Å². The lowest BCUT2D eigenvalue weighted by molar-refractivity contribution is -0.116. The van der Waals surface area contributed by atoms with Crippen LogP contribution in [0, 0.1) is 0 Å². The van der Waals surface area contributed by atoms with Gasteiger partial charge in [-0.2, -0.15) is 4.98 Å². The molecule has 11 heteroatoms.